The van der Waals surface area contributed by atoms with Crippen molar-refractivity contribution in [3.05, 3.63) is 174 Å². The topological polar surface area (TPSA) is 16.4 Å². The second-order valence-corrected chi connectivity index (χ2v) is 16.1. The van der Waals surface area contributed by atoms with Gasteiger partial charge in [0.1, 0.15) is 11.2 Å². The fourth-order valence-electron chi connectivity index (χ4n) is 9.01. The Morgan fingerprint density at radius 2 is 1.25 bits per heavy atom. The van der Waals surface area contributed by atoms with Gasteiger partial charge in [-0.15, -0.1) is 0 Å². The lowest BCUT2D eigenvalue weighted by atomic mass is 9.82. The minimum Gasteiger partial charge on any atom is -0.455 e. The SMILES string of the molecule is CC(C)(C)c1cccc2oc3c4ccccc4c(N(c4ccc5c(c4)C(C)(C)c4ccc6ccccc6c4-5)c4ccccc4-c4ccccc4)cc3c12. The maximum Gasteiger partial charge on any atom is 0.143 e. The number of fused-ring (bicyclic) bond motifs is 10. The molecule has 53 heavy (non-hydrogen) atoms. The van der Waals surface area contributed by atoms with Crippen molar-refractivity contribution in [1.82, 2.24) is 0 Å². The molecule has 1 heterocycles. The van der Waals surface area contributed by atoms with Gasteiger partial charge in [0.25, 0.3) is 0 Å². The summed E-state index contributed by atoms with van der Waals surface area (Å²) >= 11 is 0. The molecular weight excluding hydrogens is 643 g/mol. The van der Waals surface area contributed by atoms with Crippen LogP contribution in [-0.4, -0.2) is 0 Å². The summed E-state index contributed by atoms with van der Waals surface area (Å²) in [5.74, 6) is 0. The van der Waals surface area contributed by atoms with Crippen molar-refractivity contribution in [3.8, 4) is 22.3 Å². The average molecular weight is 684 g/mol. The third kappa shape index (κ3) is 4.71. The summed E-state index contributed by atoms with van der Waals surface area (Å²) in [6, 6.07) is 57.8. The number of hydrogen-bond acceptors (Lipinski definition) is 2. The predicted octanol–water partition coefficient (Wildman–Crippen LogP) is 14.6. The van der Waals surface area contributed by atoms with Gasteiger partial charge in [0.15, 0.2) is 0 Å². The molecule has 0 radical (unpaired) electrons. The van der Waals surface area contributed by atoms with E-state index >= 15 is 0 Å². The summed E-state index contributed by atoms with van der Waals surface area (Å²) < 4.78 is 6.78. The summed E-state index contributed by atoms with van der Waals surface area (Å²) in [4.78, 5) is 2.50. The number of benzene rings is 8. The highest BCUT2D eigenvalue weighted by Crippen LogP contribution is 2.54. The molecule has 1 aromatic heterocycles. The smallest absolute Gasteiger partial charge is 0.143 e. The molecule has 0 saturated carbocycles. The van der Waals surface area contributed by atoms with Gasteiger partial charge < -0.3 is 9.32 Å². The van der Waals surface area contributed by atoms with Crippen molar-refractivity contribution in [2.45, 2.75) is 45.4 Å². The van der Waals surface area contributed by atoms with Crippen molar-refractivity contribution in [1.29, 1.82) is 0 Å². The molecule has 0 saturated heterocycles. The molecule has 2 heteroatoms. The first-order valence-corrected chi connectivity index (χ1v) is 18.7. The van der Waals surface area contributed by atoms with Crippen molar-refractivity contribution in [2.24, 2.45) is 0 Å². The van der Waals surface area contributed by atoms with E-state index in [0.29, 0.717) is 0 Å². The molecule has 0 amide bonds. The third-order valence-electron chi connectivity index (χ3n) is 11.6. The largest absolute Gasteiger partial charge is 0.455 e. The highest BCUT2D eigenvalue weighted by molar-refractivity contribution is 6.21. The lowest BCUT2D eigenvalue weighted by Gasteiger charge is -2.31. The highest BCUT2D eigenvalue weighted by atomic mass is 16.3. The maximum absolute atomic E-state index is 6.78. The van der Waals surface area contributed by atoms with Crippen molar-refractivity contribution in [2.75, 3.05) is 4.90 Å². The van der Waals surface area contributed by atoms with Crippen LogP contribution in [0.25, 0.3) is 65.7 Å². The molecule has 0 fully saturated rings. The zero-order chi connectivity index (χ0) is 36.1. The van der Waals surface area contributed by atoms with Gasteiger partial charge in [0.05, 0.1) is 11.4 Å². The summed E-state index contributed by atoms with van der Waals surface area (Å²) in [7, 11) is 0. The van der Waals surface area contributed by atoms with E-state index in [1.807, 2.05) is 0 Å². The number of para-hydroxylation sites is 1. The molecule has 256 valence electrons. The fourth-order valence-corrected chi connectivity index (χ4v) is 9.01. The van der Waals surface area contributed by atoms with Crippen LogP contribution in [0.4, 0.5) is 17.1 Å². The van der Waals surface area contributed by atoms with Crippen molar-refractivity contribution < 1.29 is 4.42 Å². The number of rotatable bonds is 4. The first kappa shape index (κ1) is 31.6. The Morgan fingerprint density at radius 3 is 2.06 bits per heavy atom. The molecule has 0 atom stereocenters. The van der Waals surface area contributed by atoms with Gasteiger partial charge >= 0.3 is 0 Å². The second kappa shape index (κ2) is 11.4. The van der Waals surface area contributed by atoms with E-state index in [-0.39, 0.29) is 10.8 Å². The van der Waals surface area contributed by atoms with Gasteiger partial charge in [-0.2, -0.15) is 0 Å². The molecule has 8 aromatic carbocycles. The number of nitrogens with zero attached hydrogens (tertiary/aromatic N) is 1. The van der Waals surface area contributed by atoms with E-state index in [1.54, 1.807) is 0 Å². The van der Waals surface area contributed by atoms with E-state index in [1.165, 1.54) is 55.1 Å². The molecule has 0 spiro atoms. The second-order valence-electron chi connectivity index (χ2n) is 16.1. The normalized spacial score (nSPS) is 13.5. The Morgan fingerprint density at radius 1 is 0.528 bits per heavy atom. The predicted molar refractivity (Wildman–Crippen MR) is 225 cm³/mol. The zero-order valence-corrected chi connectivity index (χ0v) is 30.9. The highest BCUT2D eigenvalue weighted by Gasteiger charge is 2.37. The first-order chi connectivity index (χ1) is 25.7. The van der Waals surface area contributed by atoms with E-state index in [0.717, 1.165) is 44.4 Å². The minimum atomic E-state index is -0.177. The molecule has 0 unspecified atom stereocenters. The van der Waals surface area contributed by atoms with E-state index in [9.17, 15) is 0 Å². The van der Waals surface area contributed by atoms with Gasteiger partial charge in [0.2, 0.25) is 0 Å². The molecule has 9 aromatic rings. The molecular formula is C51H41NO. The van der Waals surface area contributed by atoms with E-state index < -0.39 is 0 Å². The Bertz CT molecular complexity index is 2900. The van der Waals surface area contributed by atoms with Crippen LogP contribution in [0.3, 0.4) is 0 Å². The van der Waals surface area contributed by atoms with Crippen LogP contribution in [0.15, 0.2) is 162 Å². The average Bonchev–Trinajstić information content (AvgIpc) is 3.67. The van der Waals surface area contributed by atoms with Crippen LogP contribution >= 0.6 is 0 Å². The Labute approximate surface area is 310 Å². The van der Waals surface area contributed by atoms with E-state index in [4.69, 9.17) is 4.42 Å². The monoisotopic (exact) mass is 683 g/mol. The lowest BCUT2D eigenvalue weighted by Crippen LogP contribution is -2.17. The molecule has 0 N–H and O–H groups in total. The van der Waals surface area contributed by atoms with Crippen LogP contribution < -0.4 is 4.90 Å². The molecule has 2 nitrogen and oxygen atoms in total. The van der Waals surface area contributed by atoms with Crippen LogP contribution in [0, 0.1) is 0 Å². The lowest BCUT2D eigenvalue weighted by molar-refractivity contribution is 0.594. The van der Waals surface area contributed by atoms with Gasteiger partial charge in [0, 0.05) is 38.2 Å². The Kier molecular flexibility index (Phi) is 6.82. The zero-order valence-electron chi connectivity index (χ0n) is 30.9. The van der Waals surface area contributed by atoms with Gasteiger partial charge in [-0.3, -0.25) is 0 Å². The fraction of sp³-hybridized carbons (Fsp3) is 0.137. The number of hydrogen-bond donors (Lipinski definition) is 0. The first-order valence-electron chi connectivity index (χ1n) is 18.7. The number of furan rings is 1. The summed E-state index contributed by atoms with van der Waals surface area (Å²) in [5.41, 5.74) is 14.1. The van der Waals surface area contributed by atoms with Crippen LogP contribution in [0.1, 0.15) is 51.3 Å². The summed E-state index contributed by atoms with van der Waals surface area (Å²) in [5, 5.41) is 7.18. The van der Waals surface area contributed by atoms with Crippen LogP contribution in [-0.2, 0) is 10.8 Å². The molecule has 0 aliphatic heterocycles. The standard InChI is InChI=1S/C51H41NO/c1-50(2,3)41-23-15-25-46-48(41)40-31-45(37-21-11-12-22-38(37)49(40)53-46)52(44-24-14-13-19-35(44)32-16-7-6-8-17-32)34-27-28-39-43(30-34)51(4,5)42-29-26-33-18-9-10-20-36(33)47(39)42/h6-31H,1-5H3. The summed E-state index contributed by atoms with van der Waals surface area (Å²) in [6.07, 6.45) is 0. The minimum absolute atomic E-state index is 0.0630. The third-order valence-corrected chi connectivity index (χ3v) is 11.6. The molecule has 1 aliphatic carbocycles. The van der Waals surface area contributed by atoms with Crippen LogP contribution in [0.2, 0.25) is 0 Å². The quantitative estimate of drug-likeness (QED) is 0.184. The molecule has 1 aliphatic rings. The van der Waals surface area contributed by atoms with Crippen molar-refractivity contribution >= 4 is 60.5 Å². The van der Waals surface area contributed by atoms with Gasteiger partial charge in [-0.05, 0) is 79.9 Å². The van der Waals surface area contributed by atoms with Crippen LogP contribution in [0.5, 0.6) is 0 Å². The van der Waals surface area contributed by atoms with E-state index in [2.05, 4.69) is 197 Å². The molecule has 10 rings (SSSR count). The number of anilines is 3. The Hall–Kier alpha value is -6.12. The summed E-state index contributed by atoms with van der Waals surface area (Å²) in [6.45, 7) is 11.6. The Balaban J connectivity index is 1.31. The van der Waals surface area contributed by atoms with Crippen molar-refractivity contribution in [3.63, 3.8) is 0 Å². The molecule has 0 bridgehead atoms. The maximum atomic E-state index is 6.78. The van der Waals surface area contributed by atoms with Gasteiger partial charge in [-0.25, -0.2) is 0 Å². The van der Waals surface area contributed by atoms with Gasteiger partial charge in [-0.1, -0.05) is 162 Å².